The van der Waals surface area contributed by atoms with E-state index < -0.39 is 0 Å². The summed E-state index contributed by atoms with van der Waals surface area (Å²) in [6.07, 6.45) is 3.64. The van der Waals surface area contributed by atoms with Crippen LogP contribution in [-0.4, -0.2) is 22.0 Å². The van der Waals surface area contributed by atoms with E-state index in [0.29, 0.717) is 0 Å². The van der Waals surface area contributed by atoms with Gasteiger partial charge < -0.3 is 5.11 Å². The van der Waals surface area contributed by atoms with Gasteiger partial charge in [0.2, 0.25) is 0 Å². The number of pyridine rings is 1. The molecule has 3 heteroatoms. The monoisotopic (exact) mass is 242 g/mol. The fourth-order valence-corrected chi connectivity index (χ4v) is 1.92. The number of aromatic nitrogens is 1. The van der Waals surface area contributed by atoms with Crippen molar-refractivity contribution in [1.29, 1.82) is 0 Å². The molecule has 0 unspecified atom stereocenters. The van der Waals surface area contributed by atoms with Gasteiger partial charge in [-0.05, 0) is 35.9 Å². The third kappa shape index (κ3) is 3.65. The highest BCUT2D eigenvalue weighted by molar-refractivity contribution is 5.22. The molecule has 0 atom stereocenters. The second-order valence-corrected chi connectivity index (χ2v) is 4.50. The Labute approximate surface area is 108 Å². The predicted molar refractivity (Wildman–Crippen MR) is 71.8 cm³/mol. The SMILES string of the molecule is CN(Cc1ccncc1)Cc1ccc(CO)cc1. The van der Waals surface area contributed by atoms with Gasteiger partial charge in [-0.1, -0.05) is 24.3 Å². The second kappa shape index (κ2) is 6.28. The lowest BCUT2D eigenvalue weighted by Gasteiger charge is -2.16. The summed E-state index contributed by atoms with van der Waals surface area (Å²) in [5.41, 5.74) is 3.47. The molecule has 0 aliphatic carbocycles. The van der Waals surface area contributed by atoms with E-state index in [2.05, 4.69) is 29.1 Å². The van der Waals surface area contributed by atoms with E-state index in [1.54, 1.807) is 0 Å². The van der Waals surface area contributed by atoms with Gasteiger partial charge in [0.05, 0.1) is 6.61 Å². The molecule has 2 aromatic rings. The molecule has 18 heavy (non-hydrogen) atoms. The third-order valence-electron chi connectivity index (χ3n) is 2.86. The Morgan fingerprint density at radius 1 is 0.889 bits per heavy atom. The maximum absolute atomic E-state index is 8.99. The Morgan fingerprint density at radius 3 is 1.94 bits per heavy atom. The first-order chi connectivity index (χ1) is 8.78. The van der Waals surface area contributed by atoms with Crippen molar-refractivity contribution in [3.05, 3.63) is 65.5 Å². The van der Waals surface area contributed by atoms with Crippen LogP contribution in [0.3, 0.4) is 0 Å². The van der Waals surface area contributed by atoms with Crippen molar-refractivity contribution in [1.82, 2.24) is 9.88 Å². The van der Waals surface area contributed by atoms with Crippen molar-refractivity contribution < 1.29 is 5.11 Å². The lowest BCUT2D eigenvalue weighted by atomic mass is 10.1. The highest BCUT2D eigenvalue weighted by Gasteiger charge is 2.01. The van der Waals surface area contributed by atoms with E-state index in [4.69, 9.17) is 5.11 Å². The summed E-state index contributed by atoms with van der Waals surface area (Å²) in [4.78, 5) is 6.27. The van der Waals surface area contributed by atoms with Crippen molar-refractivity contribution in [2.24, 2.45) is 0 Å². The average Bonchev–Trinajstić information content (AvgIpc) is 2.40. The first-order valence-corrected chi connectivity index (χ1v) is 6.04. The van der Waals surface area contributed by atoms with Crippen LogP contribution in [0, 0.1) is 0 Å². The van der Waals surface area contributed by atoms with Crippen LogP contribution in [0.5, 0.6) is 0 Å². The van der Waals surface area contributed by atoms with Crippen LogP contribution >= 0.6 is 0 Å². The first kappa shape index (κ1) is 12.7. The summed E-state index contributed by atoms with van der Waals surface area (Å²) in [6.45, 7) is 1.91. The molecule has 0 spiro atoms. The first-order valence-electron chi connectivity index (χ1n) is 6.04. The molecule has 0 saturated heterocycles. The Balaban J connectivity index is 1.92. The van der Waals surface area contributed by atoms with E-state index in [-0.39, 0.29) is 6.61 Å². The summed E-state index contributed by atoms with van der Waals surface area (Å²) >= 11 is 0. The maximum atomic E-state index is 8.99. The van der Waals surface area contributed by atoms with Crippen LogP contribution in [0.25, 0.3) is 0 Å². The molecule has 1 aromatic carbocycles. The molecule has 3 nitrogen and oxygen atoms in total. The minimum atomic E-state index is 0.104. The molecule has 0 radical (unpaired) electrons. The predicted octanol–water partition coefficient (Wildman–Crippen LogP) is 2.21. The smallest absolute Gasteiger partial charge is 0.0681 e. The summed E-state index contributed by atoms with van der Waals surface area (Å²) in [6, 6.07) is 12.1. The number of benzene rings is 1. The van der Waals surface area contributed by atoms with Crippen LogP contribution in [0.1, 0.15) is 16.7 Å². The fourth-order valence-electron chi connectivity index (χ4n) is 1.92. The molecule has 1 heterocycles. The largest absolute Gasteiger partial charge is 0.392 e. The number of rotatable bonds is 5. The van der Waals surface area contributed by atoms with Crippen LogP contribution in [0.2, 0.25) is 0 Å². The molecule has 1 N–H and O–H groups in total. The summed E-state index contributed by atoms with van der Waals surface area (Å²) in [7, 11) is 2.10. The molecular weight excluding hydrogens is 224 g/mol. The van der Waals surface area contributed by atoms with Gasteiger partial charge in [-0.15, -0.1) is 0 Å². The van der Waals surface area contributed by atoms with Crippen molar-refractivity contribution in [3.8, 4) is 0 Å². The standard InChI is InChI=1S/C15H18N2O/c1-17(11-14-6-8-16-9-7-14)10-13-2-4-15(12-18)5-3-13/h2-9,18H,10-12H2,1H3. The third-order valence-corrected chi connectivity index (χ3v) is 2.86. The summed E-state index contributed by atoms with van der Waals surface area (Å²) in [5.74, 6) is 0. The fraction of sp³-hybridized carbons (Fsp3) is 0.267. The van der Waals surface area contributed by atoms with Gasteiger partial charge in [0.1, 0.15) is 0 Å². The highest BCUT2D eigenvalue weighted by Crippen LogP contribution is 2.09. The van der Waals surface area contributed by atoms with Gasteiger partial charge in [-0.25, -0.2) is 0 Å². The lowest BCUT2D eigenvalue weighted by molar-refractivity contribution is 0.281. The van der Waals surface area contributed by atoms with Crippen LogP contribution < -0.4 is 0 Å². The van der Waals surface area contributed by atoms with Gasteiger partial charge >= 0.3 is 0 Å². The molecule has 0 fully saturated rings. The minimum Gasteiger partial charge on any atom is -0.392 e. The van der Waals surface area contributed by atoms with Gasteiger partial charge in [0, 0.05) is 25.5 Å². The zero-order chi connectivity index (χ0) is 12.8. The molecule has 0 bridgehead atoms. The van der Waals surface area contributed by atoms with Crippen molar-refractivity contribution in [3.63, 3.8) is 0 Å². The van der Waals surface area contributed by atoms with Crippen molar-refractivity contribution in [2.75, 3.05) is 7.05 Å². The molecule has 0 aliphatic rings. The van der Waals surface area contributed by atoms with E-state index in [1.165, 1.54) is 11.1 Å². The number of hydrogen-bond donors (Lipinski definition) is 1. The lowest BCUT2D eigenvalue weighted by Crippen LogP contribution is -2.17. The topological polar surface area (TPSA) is 36.4 Å². The van der Waals surface area contributed by atoms with Crippen LogP contribution in [0.4, 0.5) is 0 Å². The second-order valence-electron chi connectivity index (χ2n) is 4.50. The van der Waals surface area contributed by atoms with E-state index in [0.717, 1.165) is 18.7 Å². The average molecular weight is 242 g/mol. The Bertz CT molecular complexity index is 468. The quantitative estimate of drug-likeness (QED) is 0.873. The summed E-state index contributed by atoms with van der Waals surface area (Å²) < 4.78 is 0. The number of aliphatic hydroxyl groups is 1. The van der Waals surface area contributed by atoms with E-state index >= 15 is 0 Å². The molecular formula is C15H18N2O. The molecule has 2 rings (SSSR count). The number of aliphatic hydroxyl groups excluding tert-OH is 1. The van der Waals surface area contributed by atoms with Gasteiger partial charge in [0.15, 0.2) is 0 Å². The zero-order valence-corrected chi connectivity index (χ0v) is 10.6. The summed E-state index contributed by atoms with van der Waals surface area (Å²) in [5, 5.41) is 8.99. The van der Waals surface area contributed by atoms with Gasteiger partial charge in [-0.3, -0.25) is 9.88 Å². The van der Waals surface area contributed by atoms with Crippen LogP contribution in [-0.2, 0) is 19.7 Å². The molecule has 0 saturated carbocycles. The van der Waals surface area contributed by atoms with Gasteiger partial charge in [0.25, 0.3) is 0 Å². The minimum absolute atomic E-state index is 0.104. The Morgan fingerprint density at radius 2 is 1.39 bits per heavy atom. The number of nitrogens with zero attached hydrogens (tertiary/aromatic N) is 2. The van der Waals surface area contributed by atoms with Crippen molar-refractivity contribution >= 4 is 0 Å². The molecule has 1 aromatic heterocycles. The molecule has 0 amide bonds. The van der Waals surface area contributed by atoms with E-state index in [1.807, 2.05) is 36.7 Å². The zero-order valence-electron chi connectivity index (χ0n) is 10.6. The van der Waals surface area contributed by atoms with Gasteiger partial charge in [-0.2, -0.15) is 0 Å². The normalized spacial score (nSPS) is 10.8. The Kier molecular flexibility index (Phi) is 4.45. The maximum Gasteiger partial charge on any atom is 0.0681 e. The molecule has 0 aliphatic heterocycles. The Hall–Kier alpha value is -1.71. The molecule has 94 valence electrons. The highest BCUT2D eigenvalue weighted by atomic mass is 16.3. The van der Waals surface area contributed by atoms with Crippen LogP contribution in [0.15, 0.2) is 48.8 Å². The van der Waals surface area contributed by atoms with Crippen molar-refractivity contribution in [2.45, 2.75) is 19.7 Å². The number of hydrogen-bond acceptors (Lipinski definition) is 3. The van der Waals surface area contributed by atoms with E-state index in [9.17, 15) is 0 Å².